The lowest BCUT2D eigenvalue weighted by atomic mass is 9.70. The fraction of sp³-hybridized carbons (Fsp3) is 0.300. The van der Waals surface area contributed by atoms with Crippen molar-refractivity contribution in [2.24, 2.45) is 11.8 Å². The summed E-state index contributed by atoms with van der Waals surface area (Å²) in [7, 11) is 0. The Morgan fingerprint density at radius 1 is 1.70 bits per heavy atom. The highest BCUT2D eigenvalue weighted by atomic mass is 14.3. The van der Waals surface area contributed by atoms with Gasteiger partial charge in [0.1, 0.15) is 0 Å². The van der Waals surface area contributed by atoms with Crippen LogP contribution in [0, 0.1) is 24.2 Å². The summed E-state index contributed by atoms with van der Waals surface area (Å²) in [5, 5.41) is 0. The van der Waals surface area contributed by atoms with Gasteiger partial charge < -0.3 is 0 Å². The minimum absolute atomic E-state index is 0.349. The Morgan fingerprint density at radius 3 is 2.80 bits per heavy atom. The normalized spacial score (nSPS) is 29.7. The lowest BCUT2D eigenvalue weighted by Crippen LogP contribution is -2.24. The average Bonchev–Trinajstić information content (AvgIpc) is 1.95. The second-order valence-corrected chi connectivity index (χ2v) is 2.53. The molecule has 0 spiro atoms. The first kappa shape index (κ1) is 6.93. The minimum atomic E-state index is 0.349. The van der Waals surface area contributed by atoms with Crippen LogP contribution in [0.2, 0.25) is 0 Å². The van der Waals surface area contributed by atoms with Gasteiger partial charge in [-0.2, -0.15) is 0 Å². The maximum absolute atomic E-state index is 5.26. The third kappa shape index (κ3) is 0.923. The summed E-state index contributed by atoms with van der Waals surface area (Å²) in [6, 6.07) is 0. The van der Waals surface area contributed by atoms with Crippen molar-refractivity contribution in [1.82, 2.24) is 0 Å². The minimum Gasteiger partial charge on any atom is -0.132 e. The van der Waals surface area contributed by atoms with E-state index >= 15 is 0 Å². The number of hydrogen-bond donors (Lipinski definition) is 0. The molecule has 1 aliphatic carbocycles. The van der Waals surface area contributed by atoms with Crippen LogP contribution in [-0.4, -0.2) is 0 Å². The summed E-state index contributed by atoms with van der Waals surface area (Å²) in [5.41, 5.74) is 3.94. The van der Waals surface area contributed by atoms with Gasteiger partial charge in [-0.3, -0.25) is 0 Å². The Balaban J connectivity index is 2.67. The standard InChI is InChI=1S/C10H10/c1-4-6-10-8(3)7-9(10)5-2/h2,6,9-10H,1,3,7H2/t9-,10-/m1/s1. The van der Waals surface area contributed by atoms with Crippen molar-refractivity contribution >= 4 is 0 Å². The molecular formula is C10H10. The molecule has 1 saturated carbocycles. The van der Waals surface area contributed by atoms with Crippen LogP contribution < -0.4 is 0 Å². The Bertz CT molecular complexity index is 231. The SMILES string of the molecule is C#C[C@@H]1CC(=C)[C@H]1C=C=C. The number of allylic oxidation sites excluding steroid dienone is 2. The van der Waals surface area contributed by atoms with Crippen LogP contribution in [0.1, 0.15) is 6.42 Å². The van der Waals surface area contributed by atoms with Crippen LogP contribution in [0.4, 0.5) is 0 Å². The smallest absolute Gasteiger partial charge is 0.0343 e. The quantitative estimate of drug-likeness (QED) is 0.290. The van der Waals surface area contributed by atoms with Gasteiger partial charge >= 0.3 is 0 Å². The Hall–Kier alpha value is -1.18. The third-order valence-electron chi connectivity index (χ3n) is 1.90. The van der Waals surface area contributed by atoms with Gasteiger partial charge in [-0.25, -0.2) is 0 Å². The van der Waals surface area contributed by atoms with Gasteiger partial charge in [0.25, 0.3) is 0 Å². The second-order valence-electron chi connectivity index (χ2n) is 2.53. The van der Waals surface area contributed by atoms with Crippen LogP contribution in [0.15, 0.2) is 30.5 Å². The molecule has 1 rings (SSSR count). The molecule has 50 valence electrons. The molecule has 0 nitrogen and oxygen atoms in total. The van der Waals surface area contributed by atoms with E-state index in [1.165, 1.54) is 5.57 Å². The van der Waals surface area contributed by atoms with Crippen molar-refractivity contribution in [1.29, 1.82) is 0 Å². The van der Waals surface area contributed by atoms with E-state index in [0.29, 0.717) is 11.8 Å². The molecule has 10 heavy (non-hydrogen) atoms. The van der Waals surface area contributed by atoms with Gasteiger partial charge in [0.2, 0.25) is 0 Å². The number of hydrogen-bond acceptors (Lipinski definition) is 0. The van der Waals surface area contributed by atoms with E-state index in [1.807, 2.05) is 6.08 Å². The van der Waals surface area contributed by atoms with E-state index in [-0.39, 0.29) is 0 Å². The molecule has 0 aliphatic heterocycles. The average molecular weight is 130 g/mol. The number of terminal acetylenes is 1. The molecule has 0 radical (unpaired) electrons. The van der Waals surface area contributed by atoms with Gasteiger partial charge in [0.15, 0.2) is 0 Å². The fourth-order valence-corrected chi connectivity index (χ4v) is 1.19. The molecule has 1 aliphatic rings. The molecule has 0 aromatic carbocycles. The Labute approximate surface area is 61.9 Å². The molecule has 0 amide bonds. The zero-order valence-electron chi connectivity index (χ0n) is 5.93. The highest BCUT2D eigenvalue weighted by Gasteiger charge is 2.30. The van der Waals surface area contributed by atoms with E-state index in [0.717, 1.165) is 6.42 Å². The first-order valence-corrected chi connectivity index (χ1v) is 3.29. The molecule has 1 fully saturated rings. The molecule has 0 aromatic heterocycles. The summed E-state index contributed by atoms with van der Waals surface area (Å²) < 4.78 is 0. The molecule has 0 N–H and O–H groups in total. The monoisotopic (exact) mass is 130 g/mol. The molecular weight excluding hydrogens is 120 g/mol. The van der Waals surface area contributed by atoms with Gasteiger partial charge in [0.05, 0.1) is 0 Å². The van der Waals surface area contributed by atoms with Gasteiger partial charge in [-0.1, -0.05) is 18.7 Å². The summed E-state index contributed by atoms with van der Waals surface area (Å²) in [5.74, 6) is 3.41. The van der Waals surface area contributed by atoms with Gasteiger partial charge in [-0.15, -0.1) is 18.1 Å². The molecule has 0 bridgehead atoms. The van der Waals surface area contributed by atoms with Crippen molar-refractivity contribution < 1.29 is 0 Å². The van der Waals surface area contributed by atoms with Crippen molar-refractivity contribution in [3.63, 3.8) is 0 Å². The topological polar surface area (TPSA) is 0 Å². The van der Waals surface area contributed by atoms with Crippen LogP contribution in [-0.2, 0) is 0 Å². The van der Waals surface area contributed by atoms with Crippen molar-refractivity contribution in [2.75, 3.05) is 0 Å². The molecule has 0 saturated heterocycles. The highest BCUT2D eigenvalue weighted by Crippen LogP contribution is 2.38. The van der Waals surface area contributed by atoms with E-state index in [4.69, 9.17) is 6.42 Å². The van der Waals surface area contributed by atoms with Crippen LogP contribution in [0.5, 0.6) is 0 Å². The lowest BCUT2D eigenvalue weighted by molar-refractivity contribution is 0.425. The first-order chi connectivity index (χ1) is 4.79. The zero-order valence-corrected chi connectivity index (χ0v) is 5.93. The maximum Gasteiger partial charge on any atom is 0.0343 e. The predicted molar refractivity (Wildman–Crippen MR) is 43.3 cm³/mol. The fourth-order valence-electron chi connectivity index (χ4n) is 1.19. The number of rotatable bonds is 1. The molecule has 0 unspecified atom stereocenters. The first-order valence-electron chi connectivity index (χ1n) is 3.29. The van der Waals surface area contributed by atoms with Crippen molar-refractivity contribution in [2.45, 2.75) is 6.42 Å². The van der Waals surface area contributed by atoms with Gasteiger partial charge in [0, 0.05) is 11.8 Å². The van der Waals surface area contributed by atoms with Crippen LogP contribution in [0.3, 0.4) is 0 Å². The molecule has 0 heterocycles. The summed E-state index contributed by atoms with van der Waals surface area (Å²) >= 11 is 0. The van der Waals surface area contributed by atoms with Crippen LogP contribution >= 0.6 is 0 Å². The largest absolute Gasteiger partial charge is 0.132 e. The van der Waals surface area contributed by atoms with Gasteiger partial charge in [-0.05, 0) is 12.5 Å². The van der Waals surface area contributed by atoms with E-state index in [2.05, 4.69) is 24.8 Å². The summed E-state index contributed by atoms with van der Waals surface area (Å²) in [4.78, 5) is 0. The molecule has 0 heteroatoms. The van der Waals surface area contributed by atoms with Crippen molar-refractivity contribution in [3.05, 3.63) is 30.5 Å². The Morgan fingerprint density at radius 2 is 2.40 bits per heavy atom. The summed E-state index contributed by atoms with van der Waals surface area (Å²) in [6.07, 6.45) is 8.13. The molecule has 0 aromatic rings. The predicted octanol–water partition coefficient (Wildman–Crippen LogP) is 2.15. The molecule has 2 atom stereocenters. The van der Waals surface area contributed by atoms with Crippen molar-refractivity contribution in [3.8, 4) is 12.3 Å². The van der Waals surface area contributed by atoms with E-state index in [9.17, 15) is 0 Å². The van der Waals surface area contributed by atoms with E-state index in [1.54, 1.807) is 0 Å². The highest BCUT2D eigenvalue weighted by molar-refractivity contribution is 5.27. The Kier molecular flexibility index (Phi) is 1.81. The second kappa shape index (κ2) is 2.60. The van der Waals surface area contributed by atoms with E-state index < -0.39 is 0 Å². The van der Waals surface area contributed by atoms with Crippen LogP contribution in [0.25, 0.3) is 0 Å². The maximum atomic E-state index is 5.26. The zero-order chi connectivity index (χ0) is 7.56. The lowest BCUT2D eigenvalue weighted by Gasteiger charge is -2.32. The summed E-state index contributed by atoms with van der Waals surface area (Å²) in [6.45, 7) is 7.36. The third-order valence-corrected chi connectivity index (χ3v) is 1.90.